The van der Waals surface area contributed by atoms with E-state index in [1.54, 1.807) is 24.3 Å². The van der Waals surface area contributed by atoms with Crippen LogP contribution < -0.4 is 0 Å². The highest BCUT2D eigenvalue weighted by atomic mass is 16.6. The Morgan fingerprint density at radius 2 is 0.660 bits per heavy atom. The maximum Gasteiger partial charge on any atom is 0.338 e. The van der Waals surface area contributed by atoms with E-state index in [2.05, 4.69) is 4.90 Å². The molecule has 0 bridgehead atoms. The second-order valence-electron chi connectivity index (χ2n) is 10.0. The van der Waals surface area contributed by atoms with Crippen molar-refractivity contribution in [1.82, 2.24) is 4.90 Å². The van der Waals surface area contributed by atoms with Gasteiger partial charge < -0.3 is 61.7 Å². The van der Waals surface area contributed by atoms with Crippen LogP contribution in [0.25, 0.3) is 0 Å². The molecule has 0 atom stereocenters. The van der Waals surface area contributed by atoms with Crippen LogP contribution in [-0.4, -0.2) is 183 Å². The number of ether oxygens (including phenoxy) is 12. The van der Waals surface area contributed by atoms with E-state index in [-0.39, 0.29) is 12.6 Å². The first-order valence-electron chi connectivity index (χ1n) is 16.4. The van der Waals surface area contributed by atoms with E-state index in [0.29, 0.717) is 151 Å². The van der Waals surface area contributed by atoms with Gasteiger partial charge in [0.25, 0.3) is 0 Å². The second kappa shape index (κ2) is 35.5. The lowest BCUT2D eigenvalue weighted by atomic mass is 10.2. The van der Waals surface area contributed by atoms with Gasteiger partial charge in [-0.1, -0.05) is 18.2 Å². The zero-order valence-electron chi connectivity index (χ0n) is 28.6. The molecule has 0 aromatic heterocycles. The van der Waals surface area contributed by atoms with Crippen LogP contribution in [0.4, 0.5) is 0 Å². The SMILES string of the molecule is CN(C)CCOCCOCCOCCOCCOCCOCCOCCOCCOCCOCCOCCOC(=O)c1ccccc1. The largest absolute Gasteiger partial charge is 0.460 e. The van der Waals surface area contributed by atoms with Gasteiger partial charge in [0, 0.05) is 6.54 Å². The summed E-state index contributed by atoms with van der Waals surface area (Å²) in [6.07, 6.45) is 0. The monoisotopic (exact) mass is 677 g/mol. The van der Waals surface area contributed by atoms with Gasteiger partial charge in [-0.3, -0.25) is 0 Å². The summed E-state index contributed by atoms with van der Waals surface area (Å²) in [6, 6.07) is 8.85. The zero-order chi connectivity index (χ0) is 33.7. The Labute approximate surface area is 281 Å². The fourth-order valence-electron chi connectivity index (χ4n) is 3.40. The van der Waals surface area contributed by atoms with E-state index in [1.807, 2.05) is 20.2 Å². The first-order valence-corrected chi connectivity index (χ1v) is 16.4. The minimum atomic E-state index is -0.356. The molecule has 0 heterocycles. The van der Waals surface area contributed by atoms with Crippen molar-refractivity contribution in [3.05, 3.63) is 35.9 Å². The van der Waals surface area contributed by atoms with Crippen LogP contribution in [0.15, 0.2) is 30.3 Å². The highest BCUT2D eigenvalue weighted by Crippen LogP contribution is 2.00. The van der Waals surface area contributed by atoms with Gasteiger partial charge in [0.05, 0.1) is 151 Å². The summed E-state index contributed by atoms with van der Waals surface area (Å²) < 4.78 is 65.2. The van der Waals surface area contributed by atoms with Gasteiger partial charge in [0.15, 0.2) is 0 Å². The number of hydrogen-bond acceptors (Lipinski definition) is 14. The molecule has 14 nitrogen and oxygen atoms in total. The molecule has 0 aliphatic heterocycles. The highest BCUT2D eigenvalue weighted by molar-refractivity contribution is 5.89. The van der Waals surface area contributed by atoms with Gasteiger partial charge in [0.1, 0.15) is 6.61 Å². The molecule has 1 aromatic rings. The van der Waals surface area contributed by atoms with Crippen molar-refractivity contribution in [2.24, 2.45) is 0 Å². The van der Waals surface area contributed by atoms with Crippen molar-refractivity contribution in [2.75, 3.05) is 173 Å². The number of likely N-dealkylation sites (N-methyl/N-ethyl adjacent to an activating group) is 1. The normalized spacial score (nSPS) is 11.5. The lowest BCUT2D eigenvalue weighted by molar-refractivity contribution is -0.0281. The van der Waals surface area contributed by atoms with E-state index >= 15 is 0 Å². The highest BCUT2D eigenvalue weighted by Gasteiger charge is 2.05. The maximum absolute atomic E-state index is 11.8. The Balaban J connectivity index is 1.63. The van der Waals surface area contributed by atoms with Gasteiger partial charge >= 0.3 is 5.97 Å². The molecule has 14 heteroatoms. The van der Waals surface area contributed by atoms with Crippen LogP contribution in [0.3, 0.4) is 0 Å². The minimum absolute atomic E-state index is 0.202. The molecular weight excluding hydrogens is 618 g/mol. The predicted octanol–water partition coefficient (Wildman–Crippen LogP) is 1.59. The molecule has 0 saturated carbocycles. The minimum Gasteiger partial charge on any atom is -0.460 e. The van der Waals surface area contributed by atoms with Crippen LogP contribution in [0.5, 0.6) is 0 Å². The van der Waals surface area contributed by atoms with E-state index < -0.39 is 0 Å². The first-order chi connectivity index (χ1) is 23.2. The lowest BCUT2D eigenvalue weighted by Gasteiger charge is -2.10. The van der Waals surface area contributed by atoms with Crippen LogP contribution in [-0.2, 0) is 56.8 Å². The van der Waals surface area contributed by atoms with Crippen LogP contribution in [0.1, 0.15) is 10.4 Å². The summed E-state index contributed by atoms with van der Waals surface area (Å²) in [5.41, 5.74) is 0.526. The Morgan fingerprint density at radius 3 is 0.936 bits per heavy atom. The number of rotatable bonds is 37. The van der Waals surface area contributed by atoms with Crippen molar-refractivity contribution >= 4 is 5.97 Å². The fourth-order valence-corrected chi connectivity index (χ4v) is 3.40. The number of nitrogens with zero attached hydrogens (tertiary/aromatic N) is 1. The Kier molecular flexibility index (Phi) is 32.7. The number of carbonyl (C=O) groups excluding carboxylic acids is 1. The fraction of sp³-hybridized carbons (Fsp3) is 0.788. The van der Waals surface area contributed by atoms with E-state index in [1.165, 1.54) is 0 Å². The summed E-state index contributed by atoms with van der Waals surface area (Å²) in [5.74, 6) is -0.356. The molecule has 0 radical (unpaired) electrons. The molecule has 0 fully saturated rings. The second-order valence-corrected chi connectivity index (χ2v) is 10.0. The average molecular weight is 678 g/mol. The van der Waals surface area contributed by atoms with Crippen LogP contribution in [0, 0.1) is 0 Å². The smallest absolute Gasteiger partial charge is 0.338 e. The molecule has 0 saturated heterocycles. The zero-order valence-corrected chi connectivity index (χ0v) is 28.6. The van der Waals surface area contributed by atoms with E-state index in [9.17, 15) is 4.79 Å². The third-order valence-corrected chi connectivity index (χ3v) is 5.87. The van der Waals surface area contributed by atoms with E-state index in [4.69, 9.17) is 56.8 Å². The van der Waals surface area contributed by atoms with Gasteiger partial charge in [0.2, 0.25) is 0 Å². The summed E-state index contributed by atoms with van der Waals surface area (Å²) in [5, 5.41) is 0. The standard InChI is InChI=1S/C33H59NO13/c1-34(2)8-9-36-10-11-37-12-13-38-14-15-39-16-17-40-18-19-41-20-21-42-22-23-43-24-25-44-26-27-45-28-29-46-30-31-47-33(35)32-6-4-3-5-7-32/h3-7H,8-31H2,1-2H3. The third kappa shape index (κ3) is 32.5. The first kappa shape index (κ1) is 43.2. The van der Waals surface area contributed by atoms with Crippen molar-refractivity contribution in [3.8, 4) is 0 Å². The van der Waals surface area contributed by atoms with Gasteiger partial charge in [-0.05, 0) is 26.2 Å². The van der Waals surface area contributed by atoms with Gasteiger partial charge in [-0.15, -0.1) is 0 Å². The molecule has 0 aliphatic carbocycles. The van der Waals surface area contributed by atoms with Crippen molar-refractivity contribution < 1.29 is 61.6 Å². The van der Waals surface area contributed by atoms with Crippen LogP contribution in [0.2, 0.25) is 0 Å². The average Bonchev–Trinajstić information content (AvgIpc) is 3.08. The number of carbonyl (C=O) groups is 1. The molecule has 1 rings (SSSR count). The molecule has 47 heavy (non-hydrogen) atoms. The Morgan fingerprint density at radius 1 is 0.404 bits per heavy atom. The van der Waals surface area contributed by atoms with Crippen molar-refractivity contribution in [3.63, 3.8) is 0 Å². The van der Waals surface area contributed by atoms with Crippen molar-refractivity contribution in [1.29, 1.82) is 0 Å². The number of esters is 1. The Bertz CT molecular complexity index is 776. The summed E-state index contributed by atoms with van der Waals surface area (Å²) in [7, 11) is 4.04. The van der Waals surface area contributed by atoms with E-state index in [0.717, 1.165) is 6.54 Å². The molecule has 0 spiro atoms. The lowest BCUT2D eigenvalue weighted by Crippen LogP contribution is -2.19. The van der Waals surface area contributed by atoms with Gasteiger partial charge in [-0.25, -0.2) is 4.79 Å². The molecule has 274 valence electrons. The summed E-state index contributed by atoms with van der Waals surface area (Å²) in [6.45, 7) is 12.3. The predicted molar refractivity (Wildman–Crippen MR) is 174 cm³/mol. The molecule has 0 N–H and O–H groups in total. The quantitative estimate of drug-likeness (QED) is 0.0746. The third-order valence-electron chi connectivity index (χ3n) is 5.87. The molecule has 1 aromatic carbocycles. The van der Waals surface area contributed by atoms with Crippen LogP contribution >= 0.6 is 0 Å². The number of hydrogen-bond donors (Lipinski definition) is 0. The summed E-state index contributed by atoms with van der Waals surface area (Å²) >= 11 is 0. The molecule has 0 aliphatic rings. The van der Waals surface area contributed by atoms with Crippen molar-refractivity contribution in [2.45, 2.75) is 0 Å². The number of benzene rings is 1. The maximum atomic E-state index is 11.8. The molecular formula is C33H59NO13. The summed E-state index contributed by atoms with van der Waals surface area (Å²) in [4.78, 5) is 13.9. The molecule has 0 amide bonds. The topological polar surface area (TPSA) is 131 Å². The Hall–Kier alpha value is -1.79. The van der Waals surface area contributed by atoms with Gasteiger partial charge in [-0.2, -0.15) is 0 Å². The molecule has 0 unspecified atom stereocenters.